The Bertz CT molecular complexity index is 274. The molecular formula is C11H20N2O2. The predicted octanol–water partition coefficient (Wildman–Crippen LogP) is 0.564. The molecule has 0 aliphatic carbocycles. The molecule has 4 heteroatoms. The summed E-state index contributed by atoms with van der Waals surface area (Å²) in [7, 11) is 1.76. The van der Waals surface area contributed by atoms with Crippen molar-refractivity contribution in [1.29, 1.82) is 0 Å². The van der Waals surface area contributed by atoms with Crippen molar-refractivity contribution in [1.82, 2.24) is 10.2 Å². The van der Waals surface area contributed by atoms with Gasteiger partial charge in [0.2, 0.25) is 5.91 Å². The van der Waals surface area contributed by atoms with Crippen LogP contribution in [0.5, 0.6) is 0 Å². The second-order valence-corrected chi connectivity index (χ2v) is 4.64. The van der Waals surface area contributed by atoms with E-state index in [2.05, 4.69) is 5.32 Å². The molecule has 1 saturated heterocycles. The molecule has 0 bridgehead atoms. The molecule has 1 amide bonds. The van der Waals surface area contributed by atoms with E-state index in [1.807, 2.05) is 13.8 Å². The van der Waals surface area contributed by atoms with Crippen LogP contribution >= 0.6 is 0 Å². The molecule has 0 aromatic heterocycles. The van der Waals surface area contributed by atoms with Gasteiger partial charge in [-0.25, -0.2) is 0 Å². The van der Waals surface area contributed by atoms with Gasteiger partial charge in [-0.1, -0.05) is 0 Å². The van der Waals surface area contributed by atoms with Crippen molar-refractivity contribution in [2.45, 2.75) is 45.2 Å². The summed E-state index contributed by atoms with van der Waals surface area (Å²) >= 11 is 0. The van der Waals surface area contributed by atoms with Gasteiger partial charge in [-0.3, -0.25) is 9.59 Å². The second-order valence-electron chi connectivity index (χ2n) is 4.64. The number of nitrogens with one attached hydrogen (secondary N) is 1. The van der Waals surface area contributed by atoms with Crippen LogP contribution in [-0.2, 0) is 9.59 Å². The first-order chi connectivity index (χ1) is 6.90. The summed E-state index contributed by atoms with van der Waals surface area (Å²) < 4.78 is 0. The molecule has 86 valence electrons. The minimum absolute atomic E-state index is 0.0164. The molecule has 1 N–H and O–H groups in total. The third kappa shape index (κ3) is 2.37. The summed E-state index contributed by atoms with van der Waals surface area (Å²) in [4.78, 5) is 25.2. The van der Waals surface area contributed by atoms with Gasteiger partial charge in [-0.15, -0.1) is 0 Å². The van der Waals surface area contributed by atoms with Crippen LogP contribution in [-0.4, -0.2) is 41.8 Å². The lowest BCUT2D eigenvalue weighted by Crippen LogP contribution is -2.55. The van der Waals surface area contributed by atoms with Crippen molar-refractivity contribution in [2.24, 2.45) is 0 Å². The predicted molar refractivity (Wildman–Crippen MR) is 58.6 cm³/mol. The lowest BCUT2D eigenvalue weighted by atomic mass is 10.0. The maximum atomic E-state index is 12.1. The Morgan fingerprint density at radius 1 is 1.40 bits per heavy atom. The van der Waals surface area contributed by atoms with E-state index >= 15 is 0 Å². The van der Waals surface area contributed by atoms with Gasteiger partial charge >= 0.3 is 0 Å². The number of Topliss-reactive ketones (excluding diaryl/α,β-unsaturated/α-hetero) is 1. The smallest absolute Gasteiger partial charge is 0.242 e. The van der Waals surface area contributed by atoms with Crippen molar-refractivity contribution in [3.05, 3.63) is 0 Å². The van der Waals surface area contributed by atoms with E-state index in [4.69, 9.17) is 0 Å². The zero-order valence-corrected chi connectivity index (χ0v) is 9.96. The summed E-state index contributed by atoms with van der Waals surface area (Å²) in [5, 5.41) is 2.97. The number of nitrogens with zero attached hydrogens (tertiary/aromatic N) is 1. The van der Waals surface area contributed by atoms with E-state index in [0.29, 0.717) is 6.54 Å². The van der Waals surface area contributed by atoms with E-state index in [-0.39, 0.29) is 17.7 Å². The van der Waals surface area contributed by atoms with Gasteiger partial charge in [0.1, 0.15) is 0 Å². The zero-order chi connectivity index (χ0) is 11.6. The molecule has 1 heterocycles. The molecule has 0 saturated carbocycles. The molecule has 1 atom stereocenters. The van der Waals surface area contributed by atoms with Gasteiger partial charge in [-0.2, -0.15) is 0 Å². The average Bonchev–Trinajstić information content (AvgIpc) is 2.64. The number of likely N-dealkylation sites (tertiary alicyclic amines) is 1. The molecule has 15 heavy (non-hydrogen) atoms. The Hall–Kier alpha value is -0.900. The first kappa shape index (κ1) is 12.2. The molecule has 1 rings (SSSR count). The molecule has 0 spiro atoms. The normalized spacial score (nSPS) is 21.9. The highest BCUT2D eigenvalue weighted by atomic mass is 16.2. The number of hydrogen-bond donors (Lipinski definition) is 1. The topological polar surface area (TPSA) is 49.4 Å². The zero-order valence-electron chi connectivity index (χ0n) is 9.96. The van der Waals surface area contributed by atoms with Gasteiger partial charge < -0.3 is 10.2 Å². The highest BCUT2D eigenvalue weighted by Crippen LogP contribution is 2.21. The highest BCUT2D eigenvalue weighted by Gasteiger charge is 2.38. The van der Waals surface area contributed by atoms with E-state index in [1.54, 1.807) is 18.9 Å². The van der Waals surface area contributed by atoms with Gasteiger partial charge in [-0.05, 0) is 40.7 Å². The molecule has 1 aliphatic heterocycles. The third-order valence-electron chi connectivity index (χ3n) is 3.14. The lowest BCUT2D eigenvalue weighted by Gasteiger charge is -2.31. The summed E-state index contributed by atoms with van der Waals surface area (Å²) in [6.45, 7) is 5.94. The van der Waals surface area contributed by atoms with Crippen LogP contribution in [0.15, 0.2) is 0 Å². The van der Waals surface area contributed by atoms with Crippen LogP contribution in [0.3, 0.4) is 0 Å². The van der Waals surface area contributed by atoms with Crippen LogP contribution in [0.4, 0.5) is 0 Å². The van der Waals surface area contributed by atoms with E-state index in [9.17, 15) is 9.59 Å². The van der Waals surface area contributed by atoms with Crippen molar-refractivity contribution in [3.8, 4) is 0 Å². The first-order valence-electron chi connectivity index (χ1n) is 5.40. The SMILES string of the molecule is CNC(C)(C)C(=O)N1CCC[C@@H]1C(C)=O. The Morgan fingerprint density at radius 2 is 2.00 bits per heavy atom. The molecule has 0 aromatic rings. The Balaban J connectivity index is 2.79. The summed E-state index contributed by atoms with van der Waals surface area (Å²) in [6.07, 6.45) is 1.73. The highest BCUT2D eigenvalue weighted by molar-refractivity contribution is 5.92. The number of rotatable bonds is 3. The van der Waals surface area contributed by atoms with Crippen LogP contribution < -0.4 is 5.32 Å². The first-order valence-corrected chi connectivity index (χ1v) is 5.40. The van der Waals surface area contributed by atoms with E-state index in [0.717, 1.165) is 12.8 Å². The number of carbonyl (C=O) groups is 2. The minimum Gasteiger partial charge on any atom is -0.331 e. The van der Waals surface area contributed by atoms with Crippen LogP contribution in [0, 0.1) is 0 Å². The minimum atomic E-state index is -0.585. The maximum absolute atomic E-state index is 12.1. The Kier molecular flexibility index (Phi) is 3.50. The van der Waals surface area contributed by atoms with Crippen molar-refractivity contribution < 1.29 is 9.59 Å². The molecule has 4 nitrogen and oxygen atoms in total. The van der Waals surface area contributed by atoms with Crippen LogP contribution in [0.1, 0.15) is 33.6 Å². The average molecular weight is 212 g/mol. The fourth-order valence-corrected chi connectivity index (χ4v) is 1.90. The molecule has 0 radical (unpaired) electrons. The molecule has 0 unspecified atom stereocenters. The van der Waals surface area contributed by atoms with Crippen molar-refractivity contribution in [3.63, 3.8) is 0 Å². The summed E-state index contributed by atoms with van der Waals surface area (Å²) in [6, 6.07) is -0.204. The van der Waals surface area contributed by atoms with Gasteiger partial charge in [0.25, 0.3) is 0 Å². The fourth-order valence-electron chi connectivity index (χ4n) is 1.90. The van der Waals surface area contributed by atoms with Gasteiger partial charge in [0.05, 0.1) is 11.6 Å². The number of amides is 1. The number of likely N-dealkylation sites (N-methyl/N-ethyl adjacent to an activating group) is 1. The van der Waals surface area contributed by atoms with Crippen molar-refractivity contribution >= 4 is 11.7 Å². The summed E-state index contributed by atoms with van der Waals surface area (Å²) in [5.41, 5.74) is -0.585. The monoisotopic (exact) mass is 212 g/mol. The molecule has 0 aromatic carbocycles. The summed E-state index contributed by atoms with van der Waals surface area (Å²) in [5.74, 6) is 0.107. The Morgan fingerprint density at radius 3 is 2.47 bits per heavy atom. The quantitative estimate of drug-likeness (QED) is 0.744. The third-order valence-corrected chi connectivity index (χ3v) is 3.14. The fraction of sp³-hybridized carbons (Fsp3) is 0.818. The number of carbonyl (C=O) groups excluding carboxylic acids is 2. The van der Waals surface area contributed by atoms with E-state index in [1.165, 1.54) is 0 Å². The van der Waals surface area contributed by atoms with Crippen molar-refractivity contribution in [2.75, 3.05) is 13.6 Å². The molecule has 1 aliphatic rings. The largest absolute Gasteiger partial charge is 0.331 e. The van der Waals surface area contributed by atoms with E-state index < -0.39 is 5.54 Å². The second kappa shape index (κ2) is 4.31. The van der Waals surface area contributed by atoms with Crippen LogP contribution in [0.2, 0.25) is 0 Å². The van der Waals surface area contributed by atoms with Gasteiger partial charge in [0.15, 0.2) is 5.78 Å². The van der Waals surface area contributed by atoms with Gasteiger partial charge in [0, 0.05) is 6.54 Å². The molecular weight excluding hydrogens is 192 g/mol. The number of hydrogen-bond acceptors (Lipinski definition) is 3. The Labute approximate surface area is 91.0 Å². The van der Waals surface area contributed by atoms with Crippen LogP contribution in [0.25, 0.3) is 0 Å². The lowest BCUT2D eigenvalue weighted by molar-refractivity contribution is -0.141. The molecule has 1 fully saturated rings. The standard InChI is InChI=1S/C11H20N2O2/c1-8(14)9-6-5-7-13(9)10(15)11(2,3)12-4/h9,12H,5-7H2,1-4H3/t9-/m1/s1. The number of ketones is 1. The maximum Gasteiger partial charge on any atom is 0.242 e.